The molecule has 26 heavy (non-hydrogen) atoms. The Labute approximate surface area is 162 Å². The number of hydrogen-bond donors (Lipinski definition) is 2. The minimum absolute atomic E-state index is 0.000147. The molecule has 0 radical (unpaired) electrons. The van der Waals surface area contributed by atoms with E-state index in [0.717, 1.165) is 12.8 Å². The maximum absolute atomic E-state index is 12.3. The molecule has 0 aliphatic rings. The van der Waals surface area contributed by atoms with Gasteiger partial charge in [-0.1, -0.05) is 91.4 Å². The zero-order valence-electron chi connectivity index (χ0n) is 18.1. The van der Waals surface area contributed by atoms with Crippen LogP contribution in [0, 0.1) is 5.41 Å². The van der Waals surface area contributed by atoms with Gasteiger partial charge >= 0.3 is 5.97 Å². The number of rotatable bonds is 16. The third-order valence-electron chi connectivity index (χ3n) is 5.69. The van der Waals surface area contributed by atoms with E-state index in [4.69, 9.17) is 10.5 Å². The van der Waals surface area contributed by atoms with E-state index in [1.54, 1.807) is 13.8 Å². The highest BCUT2D eigenvalue weighted by Gasteiger charge is 2.44. The van der Waals surface area contributed by atoms with Crippen LogP contribution >= 0.6 is 0 Å². The minimum atomic E-state index is -1.04. The quantitative estimate of drug-likeness (QED) is 0.283. The van der Waals surface area contributed by atoms with E-state index in [2.05, 4.69) is 6.92 Å². The van der Waals surface area contributed by atoms with Crippen LogP contribution in [0.3, 0.4) is 0 Å². The molecule has 0 fully saturated rings. The fourth-order valence-corrected chi connectivity index (χ4v) is 3.11. The summed E-state index contributed by atoms with van der Waals surface area (Å²) in [6.07, 6.45) is 14.7. The molecule has 0 saturated carbocycles. The summed E-state index contributed by atoms with van der Waals surface area (Å²) in [6.45, 7) is 9.67. The lowest BCUT2D eigenvalue weighted by Crippen LogP contribution is -2.57. The van der Waals surface area contributed by atoms with Gasteiger partial charge in [-0.15, -0.1) is 0 Å². The second-order valence-electron chi connectivity index (χ2n) is 8.82. The van der Waals surface area contributed by atoms with E-state index < -0.39 is 17.6 Å². The van der Waals surface area contributed by atoms with Gasteiger partial charge in [0.05, 0.1) is 6.10 Å². The highest BCUT2D eigenvalue weighted by molar-refractivity contribution is 5.81. The third-order valence-corrected chi connectivity index (χ3v) is 5.69. The normalized spacial score (nSPS) is 15.5. The van der Waals surface area contributed by atoms with Gasteiger partial charge in [0, 0.05) is 0 Å². The Hall–Kier alpha value is -0.610. The molecule has 0 amide bonds. The van der Waals surface area contributed by atoms with E-state index in [1.165, 1.54) is 64.2 Å². The van der Waals surface area contributed by atoms with E-state index >= 15 is 0 Å². The molecule has 0 heterocycles. The van der Waals surface area contributed by atoms with Crippen molar-refractivity contribution in [1.82, 2.24) is 0 Å². The van der Waals surface area contributed by atoms with Crippen LogP contribution in [0.5, 0.6) is 0 Å². The number of carbonyl (C=O) groups is 1. The summed E-state index contributed by atoms with van der Waals surface area (Å²) in [5, 5.41) is 9.27. The molecule has 2 atom stereocenters. The maximum Gasteiger partial charge on any atom is 0.326 e. The second kappa shape index (κ2) is 13.5. The zero-order chi connectivity index (χ0) is 20.1. The van der Waals surface area contributed by atoms with Crippen molar-refractivity contribution in [3.63, 3.8) is 0 Å². The molecule has 0 bridgehead atoms. The Balaban J connectivity index is 3.90. The van der Waals surface area contributed by atoms with Gasteiger partial charge in [-0.2, -0.15) is 0 Å². The predicted octanol–water partition coefficient (Wildman–Crippen LogP) is 5.36. The molecular formula is C22H45NO3. The standard InChI is InChI=1S/C22H45NO3/c1-6-7-8-9-10-11-12-13-14-15-16-17-21(3,4)22(5,23)20(25)26-18-19(2)24/h19,24H,6-18,23H2,1-5H3. The number of hydrogen-bond acceptors (Lipinski definition) is 4. The smallest absolute Gasteiger partial charge is 0.326 e. The van der Waals surface area contributed by atoms with Crippen molar-refractivity contribution < 1.29 is 14.6 Å². The Morgan fingerprint density at radius 2 is 1.35 bits per heavy atom. The molecule has 0 aromatic rings. The lowest BCUT2D eigenvalue weighted by molar-refractivity contribution is -0.157. The Kier molecular flexibility index (Phi) is 13.2. The Morgan fingerprint density at radius 1 is 0.923 bits per heavy atom. The first kappa shape index (κ1) is 25.4. The van der Waals surface area contributed by atoms with Crippen LogP contribution in [0.4, 0.5) is 0 Å². The predicted molar refractivity (Wildman–Crippen MR) is 110 cm³/mol. The van der Waals surface area contributed by atoms with Crippen LogP contribution in [-0.2, 0) is 9.53 Å². The molecule has 0 rings (SSSR count). The highest BCUT2D eigenvalue weighted by Crippen LogP contribution is 2.35. The molecular weight excluding hydrogens is 326 g/mol. The molecule has 0 spiro atoms. The number of aliphatic hydroxyl groups is 1. The summed E-state index contributed by atoms with van der Waals surface area (Å²) in [4.78, 5) is 12.3. The Morgan fingerprint density at radius 3 is 1.77 bits per heavy atom. The molecule has 156 valence electrons. The fraction of sp³-hybridized carbons (Fsp3) is 0.955. The number of nitrogens with two attached hydrogens (primary N) is 1. The van der Waals surface area contributed by atoms with Gasteiger partial charge in [-0.05, 0) is 25.7 Å². The molecule has 0 aliphatic heterocycles. The number of esters is 1. The molecule has 4 nitrogen and oxygen atoms in total. The number of unbranched alkanes of at least 4 members (excludes halogenated alkanes) is 10. The first-order valence-corrected chi connectivity index (χ1v) is 10.8. The van der Waals surface area contributed by atoms with Gasteiger partial charge in [0.25, 0.3) is 0 Å². The number of aliphatic hydroxyl groups excluding tert-OH is 1. The van der Waals surface area contributed by atoms with Gasteiger partial charge in [0.1, 0.15) is 12.1 Å². The third kappa shape index (κ3) is 10.5. The van der Waals surface area contributed by atoms with Crippen LogP contribution in [0.2, 0.25) is 0 Å². The van der Waals surface area contributed by atoms with Crippen molar-refractivity contribution in [2.45, 2.75) is 123 Å². The second-order valence-corrected chi connectivity index (χ2v) is 8.82. The summed E-state index contributed by atoms with van der Waals surface area (Å²) in [5.41, 5.74) is 4.93. The summed E-state index contributed by atoms with van der Waals surface area (Å²) in [7, 11) is 0. The van der Waals surface area contributed by atoms with Gasteiger partial charge in [0.2, 0.25) is 0 Å². The number of carbonyl (C=O) groups excluding carboxylic acids is 1. The summed E-state index contributed by atoms with van der Waals surface area (Å²) in [6, 6.07) is 0. The molecule has 2 unspecified atom stereocenters. The molecule has 0 aromatic carbocycles. The van der Waals surface area contributed by atoms with Crippen LogP contribution in [0.15, 0.2) is 0 Å². The Bertz CT molecular complexity index is 364. The summed E-state index contributed by atoms with van der Waals surface area (Å²) < 4.78 is 5.15. The summed E-state index contributed by atoms with van der Waals surface area (Å²) >= 11 is 0. The van der Waals surface area contributed by atoms with Crippen molar-refractivity contribution >= 4 is 5.97 Å². The lowest BCUT2D eigenvalue weighted by Gasteiger charge is -2.39. The topological polar surface area (TPSA) is 72.6 Å². The first-order chi connectivity index (χ1) is 12.1. The lowest BCUT2D eigenvalue weighted by atomic mass is 9.70. The maximum atomic E-state index is 12.3. The number of ether oxygens (including phenoxy) is 1. The average Bonchev–Trinajstić information content (AvgIpc) is 2.57. The van der Waals surface area contributed by atoms with Crippen LogP contribution < -0.4 is 5.73 Å². The monoisotopic (exact) mass is 371 g/mol. The van der Waals surface area contributed by atoms with Crippen LogP contribution in [0.1, 0.15) is 112 Å². The van der Waals surface area contributed by atoms with E-state index in [9.17, 15) is 9.90 Å². The molecule has 0 aliphatic carbocycles. The van der Waals surface area contributed by atoms with E-state index in [1.807, 2.05) is 13.8 Å². The highest BCUT2D eigenvalue weighted by atomic mass is 16.5. The zero-order valence-corrected chi connectivity index (χ0v) is 18.1. The summed E-state index contributed by atoms with van der Waals surface area (Å²) in [5.74, 6) is -0.425. The van der Waals surface area contributed by atoms with Gasteiger partial charge in [0.15, 0.2) is 0 Å². The SMILES string of the molecule is CCCCCCCCCCCCCC(C)(C)C(C)(N)C(=O)OCC(C)O. The van der Waals surface area contributed by atoms with Crippen LogP contribution in [-0.4, -0.2) is 29.3 Å². The molecule has 3 N–H and O–H groups in total. The van der Waals surface area contributed by atoms with E-state index in [0.29, 0.717) is 0 Å². The molecule has 0 saturated heterocycles. The van der Waals surface area contributed by atoms with Crippen LogP contribution in [0.25, 0.3) is 0 Å². The van der Waals surface area contributed by atoms with Crippen molar-refractivity contribution in [3.8, 4) is 0 Å². The largest absolute Gasteiger partial charge is 0.462 e. The van der Waals surface area contributed by atoms with Crippen molar-refractivity contribution in [3.05, 3.63) is 0 Å². The van der Waals surface area contributed by atoms with Crippen molar-refractivity contribution in [1.29, 1.82) is 0 Å². The average molecular weight is 372 g/mol. The van der Waals surface area contributed by atoms with E-state index in [-0.39, 0.29) is 12.0 Å². The van der Waals surface area contributed by atoms with Crippen molar-refractivity contribution in [2.24, 2.45) is 11.1 Å². The van der Waals surface area contributed by atoms with Gasteiger partial charge < -0.3 is 15.6 Å². The van der Waals surface area contributed by atoms with Gasteiger partial charge in [-0.3, -0.25) is 4.79 Å². The minimum Gasteiger partial charge on any atom is -0.462 e. The first-order valence-electron chi connectivity index (χ1n) is 10.8. The molecule has 4 heteroatoms. The van der Waals surface area contributed by atoms with Crippen molar-refractivity contribution in [2.75, 3.05) is 6.61 Å². The fourth-order valence-electron chi connectivity index (χ4n) is 3.11. The van der Waals surface area contributed by atoms with Gasteiger partial charge in [-0.25, -0.2) is 0 Å². The molecule has 0 aromatic heterocycles.